The summed E-state index contributed by atoms with van der Waals surface area (Å²) >= 11 is 0. The lowest BCUT2D eigenvalue weighted by atomic mass is 10.2. The Bertz CT molecular complexity index is 886. The lowest BCUT2D eigenvalue weighted by Gasteiger charge is -2.09. The summed E-state index contributed by atoms with van der Waals surface area (Å²) in [7, 11) is 1.63. The van der Waals surface area contributed by atoms with Crippen molar-refractivity contribution in [2.45, 2.75) is 20.4 Å². The number of para-hydroxylation sites is 1. The van der Waals surface area contributed by atoms with Crippen molar-refractivity contribution in [3.63, 3.8) is 0 Å². The van der Waals surface area contributed by atoms with Crippen LogP contribution in [0, 0.1) is 13.8 Å². The zero-order valence-electron chi connectivity index (χ0n) is 15.1. The van der Waals surface area contributed by atoms with E-state index >= 15 is 0 Å². The molecule has 6 heteroatoms. The van der Waals surface area contributed by atoms with E-state index in [-0.39, 0.29) is 6.03 Å². The van der Waals surface area contributed by atoms with Gasteiger partial charge in [0.15, 0.2) is 0 Å². The fraction of sp³-hybridized carbons (Fsp3) is 0.200. The summed E-state index contributed by atoms with van der Waals surface area (Å²) in [5.74, 6) is 0.790. The molecular formula is C20H22N4O2. The number of aromatic nitrogens is 2. The van der Waals surface area contributed by atoms with E-state index in [1.807, 2.05) is 73.1 Å². The molecule has 1 heterocycles. The number of carbonyl (C=O) groups is 1. The summed E-state index contributed by atoms with van der Waals surface area (Å²) in [6, 6.07) is 17.1. The van der Waals surface area contributed by atoms with Crippen molar-refractivity contribution in [3.8, 4) is 11.4 Å². The van der Waals surface area contributed by atoms with Gasteiger partial charge in [-0.25, -0.2) is 9.48 Å². The minimum atomic E-state index is -0.264. The summed E-state index contributed by atoms with van der Waals surface area (Å²) in [5.41, 5.74) is 4.33. The number of hydrogen-bond donors (Lipinski definition) is 2. The largest absolute Gasteiger partial charge is 0.497 e. The van der Waals surface area contributed by atoms with Crippen LogP contribution in [0.25, 0.3) is 5.69 Å². The van der Waals surface area contributed by atoms with Crippen LogP contribution >= 0.6 is 0 Å². The van der Waals surface area contributed by atoms with Crippen LogP contribution in [0.4, 0.5) is 10.5 Å². The summed E-state index contributed by atoms with van der Waals surface area (Å²) in [4.78, 5) is 12.3. The van der Waals surface area contributed by atoms with Gasteiger partial charge in [0.05, 0.1) is 29.9 Å². The number of carbonyl (C=O) groups excluding carboxylic acids is 1. The molecule has 3 rings (SSSR count). The Hall–Kier alpha value is -3.28. The van der Waals surface area contributed by atoms with Crippen molar-refractivity contribution in [1.29, 1.82) is 0 Å². The minimum absolute atomic E-state index is 0.264. The molecule has 0 fully saturated rings. The Balaban J connectivity index is 1.66. The third-order valence-corrected chi connectivity index (χ3v) is 4.14. The van der Waals surface area contributed by atoms with Crippen LogP contribution in [0.3, 0.4) is 0 Å². The number of benzene rings is 2. The van der Waals surface area contributed by atoms with Crippen LogP contribution in [-0.4, -0.2) is 22.9 Å². The Morgan fingerprint density at radius 2 is 1.77 bits per heavy atom. The molecule has 2 aromatic carbocycles. The molecule has 3 aromatic rings. The van der Waals surface area contributed by atoms with Crippen LogP contribution < -0.4 is 15.4 Å². The smallest absolute Gasteiger partial charge is 0.319 e. The van der Waals surface area contributed by atoms with E-state index in [1.54, 1.807) is 7.11 Å². The number of urea groups is 1. The Labute approximate surface area is 152 Å². The average Bonchev–Trinajstić information content (AvgIpc) is 2.95. The number of aryl methyl sites for hydroxylation is 1. The SMILES string of the molecule is COc1ccc(CNC(=O)Nc2c(C)nn(-c3ccccc3)c2C)cc1. The zero-order valence-corrected chi connectivity index (χ0v) is 15.1. The molecule has 0 aliphatic rings. The second kappa shape index (κ2) is 7.74. The van der Waals surface area contributed by atoms with Gasteiger partial charge in [-0.3, -0.25) is 0 Å². The molecule has 0 spiro atoms. The summed E-state index contributed by atoms with van der Waals surface area (Å²) in [6.07, 6.45) is 0. The second-order valence-corrected chi connectivity index (χ2v) is 5.95. The zero-order chi connectivity index (χ0) is 18.5. The van der Waals surface area contributed by atoms with Gasteiger partial charge in [-0.15, -0.1) is 0 Å². The van der Waals surface area contributed by atoms with Gasteiger partial charge >= 0.3 is 6.03 Å². The highest BCUT2D eigenvalue weighted by Gasteiger charge is 2.15. The lowest BCUT2D eigenvalue weighted by Crippen LogP contribution is -2.28. The van der Waals surface area contributed by atoms with Gasteiger partial charge in [0.25, 0.3) is 0 Å². The third kappa shape index (κ3) is 3.85. The number of nitrogens with zero attached hydrogens (tertiary/aromatic N) is 2. The number of anilines is 1. The molecule has 0 aliphatic carbocycles. The van der Waals surface area contributed by atoms with Gasteiger partial charge in [-0.2, -0.15) is 5.10 Å². The molecular weight excluding hydrogens is 328 g/mol. The molecule has 6 nitrogen and oxygen atoms in total. The van der Waals surface area contributed by atoms with Gasteiger partial charge < -0.3 is 15.4 Å². The first kappa shape index (κ1) is 17.5. The van der Waals surface area contributed by atoms with E-state index in [1.165, 1.54) is 0 Å². The van der Waals surface area contributed by atoms with E-state index in [9.17, 15) is 4.79 Å². The van der Waals surface area contributed by atoms with Gasteiger partial charge in [-0.1, -0.05) is 30.3 Å². The van der Waals surface area contributed by atoms with E-state index in [0.29, 0.717) is 6.54 Å². The van der Waals surface area contributed by atoms with Crippen molar-refractivity contribution in [3.05, 3.63) is 71.5 Å². The standard InChI is InChI=1S/C20H22N4O2/c1-14-19(15(2)24(23-14)17-7-5-4-6-8-17)22-20(25)21-13-16-9-11-18(26-3)12-10-16/h4-12H,13H2,1-3H3,(H2,21,22,25). The van der Waals surface area contributed by atoms with Crippen molar-refractivity contribution < 1.29 is 9.53 Å². The molecule has 0 unspecified atom stereocenters. The van der Waals surface area contributed by atoms with Crippen molar-refractivity contribution in [2.24, 2.45) is 0 Å². The van der Waals surface area contributed by atoms with Crippen LogP contribution in [0.5, 0.6) is 5.75 Å². The predicted molar refractivity (Wildman–Crippen MR) is 102 cm³/mol. The van der Waals surface area contributed by atoms with Gasteiger partial charge in [0, 0.05) is 6.54 Å². The predicted octanol–water partition coefficient (Wildman–Crippen LogP) is 3.82. The highest BCUT2D eigenvalue weighted by Crippen LogP contribution is 2.22. The summed E-state index contributed by atoms with van der Waals surface area (Å²) < 4.78 is 6.96. The topological polar surface area (TPSA) is 68.2 Å². The van der Waals surface area contributed by atoms with Crippen molar-refractivity contribution in [2.75, 3.05) is 12.4 Å². The van der Waals surface area contributed by atoms with E-state index in [2.05, 4.69) is 15.7 Å². The molecule has 26 heavy (non-hydrogen) atoms. The van der Waals surface area contributed by atoms with E-state index < -0.39 is 0 Å². The number of rotatable bonds is 5. The van der Waals surface area contributed by atoms with E-state index in [0.717, 1.165) is 34.1 Å². The Morgan fingerprint density at radius 3 is 2.42 bits per heavy atom. The first-order chi connectivity index (χ1) is 12.6. The highest BCUT2D eigenvalue weighted by atomic mass is 16.5. The molecule has 134 valence electrons. The molecule has 0 saturated heterocycles. The molecule has 0 aliphatic heterocycles. The summed E-state index contributed by atoms with van der Waals surface area (Å²) in [5, 5.41) is 10.3. The monoisotopic (exact) mass is 350 g/mol. The van der Waals surface area contributed by atoms with Crippen LogP contribution in [0.1, 0.15) is 17.0 Å². The molecule has 2 N–H and O–H groups in total. The third-order valence-electron chi connectivity index (χ3n) is 4.14. The normalized spacial score (nSPS) is 10.4. The van der Waals surface area contributed by atoms with Crippen LogP contribution in [0.15, 0.2) is 54.6 Å². The molecule has 1 aromatic heterocycles. The number of nitrogens with one attached hydrogen (secondary N) is 2. The van der Waals surface area contributed by atoms with Crippen LogP contribution in [-0.2, 0) is 6.54 Å². The maximum absolute atomic E-state index is 12.3. The minimum Gasteiger partial charge on any atom is -0.497 e. The fourth-order valence-corrected chi connectivity index (χ4v) is 2.73. The van der Waals surface area contributed by atoms with Gasteiger partial charge in [-0.05, 0) is 43.7 Å². The maximum atomic E-state index is 12.3. The second-order valence-electron chi connectivity index (χ2n) is 5.95. The molecule has 0 bridgehead atoms. The molecule has 0 atom stereocenters. The number of hydrogen-bond acceptors (Lipinski definition) is 3. The molecule has 2 amide bonds. The Morgan fingerprint density at radius 1 is 1.08 bits per heavy atom. The van der Waals surface area contributed by atoms with Gasteiger partial charge in [0.2, 0.25) is 0 Å². The molecule has 0 saturated carbocycles. The number of ether oxygens (including phenoxy) is 1. The Kier molecular flexibility index (Phi) is 5.22. The number of amides is 2. The average molecular weight is 350 g/mol. The van der Waals surface area contributed by atoms with Gasteiger partial charge in [0.1, 0.15) is 5.75 Å². The number of methoxy groups -OCH3 is 1. The molecule has 0 radical (unpaired) electrons. The van der Waals surface area contributed by atoms with E-state index in [4.69, 9.17) is 4.74 Å². The highest BCUT2D eigenvalue weighted by molar-refractivity contribution is 5.90. The lowest BCUT2D eigenvalue weighted by molar-refractivity contribution is 0.251. The van der Waals surface area contributed by atoms with Crippen molar-refractivity contribution >= 4 is 11.7 Å². The van der Waals surface area contributed by atoms with Crippen LogP contribution in [0.2, 0.25) is 0 Å². The quantitative estimate of drug-likeness (QED) is 0.735. The first-order valence-electron chi connectivity index (χ1n) is 8.38. The maximum Gasteiger partial charge on any atom is 0.319 e. The first-order valence-corrected chi connectivity index (χ1v) is 8.38. The van der Waals surface area contributed by atoms with Crippen molar-refractivity contribution in [1.82, 2.24) is 15.1 Å². The fourth-order valence-electron chi connectivity index (χ4n) is 2.73. The summed E-state index contributed by atoms with van der Waals surface area (Å²) in [6.45, 7) is 4.25.